The Bertz CT molecular complexity index is 733. The largest absolute Gasteiger partial charge is 0.353 e. The maximum absolute atomic E-state index is 12.5. The van der Waals surface area contributed by atoms with E-state index in [4.69, 9.17) is 23.2 Å². The fourth-order valence-corrected chi connectivity index (χ4v) is 4.91. The Morgan fingerprint density at radius 3 is 2.38 bits per heavy atom. The first-order chi connectivity index (χ1) is 12.2. The molecular weight excluding hydrogens is 397 g/mol. The molecule has 1 amide bonds. The molecule has 146 valence electrons. The summed E-state index contributed by atoms with van der Waals surface area (Å²) in [5.41, 5.74) is 0. The SMILES string of the molecule is CC(C)NC(=O)CN1CCN(CCS(=O)(=O)c2cc(Cl)ccc2Cl)CC1. The molecular formula is C17H25Cl2N3O3S. The monoisotopic (exact) mass is 421 g/mol. The van der Waals surface area contributed by atoms with Crippen molar-refractivity contribution in [1.29, 1.82) is 0 Å². The van der Waals surface area contributed by atoms with Gasteiger partial charge in [0.25, 0.3) is 0 Å². The molecule has 1 heterocycles. The van der Waals surface area contributed by atoms with Gasteiger partial charge in [0, 0.05) is 43.8 Å². The molecule has 1 aromatic carbocycles. The van der Waals surface area contributed by atoms with E-state index in [-0.39, 0.29) is 27.6 Å². The lowest BCUT2D eigenvalue weighted by atomic mass is 10.3. The van der Waals surface area contributed by atoms with Crippen LogP contribution in [0.4, 0.5) is 0 Å². The maximum atomic E-state index is 12.5. The first-order valence-corrected chi connectivity index (χ1v) is 11.0. The number of carbonyl (C=O) groups excluding carboxylic acids is 1. The van der Waals surface area contributed by atoms with E-state index < -0.39 is 9.84 Å². The molecule has 1 aliphatic heterocycles. The van der Waals surface area contributed by atoms with Crippen LogP contribution >= 0.6 is 23.2 Å². The minimum atomic E-state index is -3.49. The van der Waals surface area contributed by atoms with Crippen LogP contribution in [0.3, 0.4) is 0 Å². The predicted molar refractivity (Wildman–Crippen MR) is 105 cm³/mol. The van der Waals surface area contributed by atoms with Crippen LogP contribution in [0.1, 0.15) is 13.8 Å². The summed E-state index contributed by atoms with van der Waals surface area (Å²) in [5, 5.41) is 3.42. The van der Waals surface area contributed by atoms with Gasteiger partial charge in [-0.3, -0.25) is 14.6 Å². The number of nitrogens with one attached hydrogen (secondary N) is 1. The van der Waals surface area contributed by atoms with Crippen molar-refractivity contribution >= 4 is 38.9 Å². The number of amides is 1. The van der Waals surface area contributed by atoms with Crippen LogP contribution in [0.15, 0.2) is 23.1 Å². The second-order valence-electron chi connectivity index (χ2n) is 6.73. The highest BCUT2D eigenvalue weighted by Gasteiger charge is 2.23. The minimum Gasteiger partial charge on any atom is -0.353 e. The third-order valence-electron chi connectivity index (χ3n) is 4.19. The Kier molecular flexibility index (Phi) is 7.73. The number of carbonyl (C=O) groups is 1. The molecule has 0 radical (unpaired) electrons. The molecule has 0 aliphatic carbocycles. The van der Waals surface area contributed by atoms with Crippen LogP contribution in [0, 0.1) is 0 Å². The fourth-order valence-electron chi connectivity index (χ4n) is 2.82. The Hall–Kier alpha value is -0.860. The summed E-state index contributed by atoms with van der Waals surface area (Å²) in [4.78, 5) is 16.1. The van der Waals surface area contributed by atoms with E-state index in [0.717, 1.165) is 26.2 Å². The lowest BCUT2D eigenvalue weighted by Gasteiger charge is -2.34. The van der Waals surface area contributed by atoms with Crippen molar-refractivity contribution in [3.63, 3.8) is 0 Å². The van der Waals surface area contributed by atoms with Crippen LogP contribution < -0.4 is 5.32 Å². The number of nitrogens with zero attached hydrogens (tertiary/aromatic N) is 2. The molecule has 0 spiro atoms. The van der Waals surface area contributed by atoms with Gasteiger partial charge in [-0.25, -0.2) is 8.42 Å². The number of piperazine rings is 1. The minimum absolute atomic E-state index is 0.0130. The molecule has 2 rings (SSSR count). The van der Waals surface area contributed by atoms with Crippen LogP contribution in [0.5, 0.6) is 0 Å². The lowest BCUT2D eigenvalue weighted by Crippen LogP contribution is -2.50. The van der Waals surface area contributed by atoms with Crippen molar-refractivity contribution in [2.24, 2.45) is 0 Å². The van der Waals surface area contributed by atoms with Gasteiger partial charge < -0.3 is 5.32 Å². The zero-order valence-electron chi connectivity index (χ0n) is 15.0. The second kappa shape index (κ2) is 9.37. The second-order valence-corrected chi connectivity index (χ2v) is 9.65. The normalized spacial score (nSPS) is 16.8. The van der Waals surface area contributed by atoms with E-state index in [2.05, 4.69) is 15.1 Å². The summed E-state index contributed by atoms with van der Waals surface area (Å²) < 4.78 is 25.1. The zero-order chi connectivity index (χ0) is 19.3. The molecule has 1 N–H and O–H groups in total. The molecule has 1 aliphatic rings. The summed E-state index contributed by atoms with van der Waals surface area (Å²) in [5.74, 6) is 0.00703. The summed E-state index contributed by atoms with van der Waals surface area (Å²) in [7, 11) is -3.49. The van der Waals surface area contributed by atoms with Crippen molar-refractivity contribution in [3.05, 3.63) is 28.2 Å². The molecule has 0 bridgehead atoms. The van der Waals surface area contributed by atoms with Gasteiger partial charge in [0.2, 0.25) is 5.91 Å². The average molecular weight is 422 g/mol. The van der Waals surface area contributed by atoms with Crippen molar-refractivity contribution < 1.29 is 13.2 Å². The third kappa shape index (κ3) is 6.39. The number of halogens is 2. The van der Waals surface area contributed by atoms with Gasteiger partial charge >= 0.3 is 0 Å². The number of hydrogen-bond donors (Lipinski definition) is 1. The quantitative estimate of drug-likeness (QED) is 0.727. The maximum Gasteiger partial charge on any atom is 0.234 e. The van der Waals surface area contributed by atoms with Crippen molar-refractivity contribution in [3.8, 4) is 0 Å². The van der Waals surface area contributed by atoms with Gasteiger partial charge in [0.05, 0.1) is 22.2 Å². The number of sulfone groups is 1. The smallest absolute Gasteiger partial charge is 0.234 e. The average Bonchev–Trinajstić information content (AvgIpc) is 2.55. The van der Waals surface area contributed by atoms with Gasteiger partial charge in [-0.05, 0) is 32.0 Å². The Morgan fingerprint density at radius 2 is 1.77 bits per heavy atom. The van der Waals surface area contributed by atoms with Gasteiger partial charge in [-0.2, -0.15) is 0 Å². The molecule has 1 saturated heterocycles. The van der Waals surface area contributed by atoms with E-state index in [1.807, 2.05) is 13.8 Å². The molecule has 1 aromatic rings. The third-order valence-corrected chi connectivity index (χ3v) is 6.59. The van der Waals surface area contributed by atoms with E-state index in [0.29, 0.717) is 18.1 Å². The van der Waals surface area contributed by atoms with Gasteiger partial charge in [0.15, 0.2) is 9.84 Å². The highest BCUT2D eigenvalue weighted by molar-refractivity contribution is 7.91. The summed E-state index contributed by atoms with van der Waals surface area (Å²) in [6, 6.07) is 4.59. The highest BCUT2D eigenvalue weighted by atomic mass is 35.5. The standard InChI is InChI=1S/C17H25Cl2N3O3S/c1-13(2)20-17(23)12-22-7-5-21(6-8-22)9-10-26(24,25)16-11-14(18)3-4-15(16)19/h3-4,11,13H,5-10,12H2,1-2H3,(H,20,23). The van der Waals surface area contributed by atoms with Gasteiger partial charge in [-0.1, -0.05) is 23.2 Å². The molecule has 0 unspecified atom stereocenters. The predicted octanol–water partition coefficient (Wildman–Crippen LogP) is 1.91. The Balaban J connectivity index is 1.82. The number of hydrogen-bond acceptors (Lipinski definition) is 5. The molecule has 0 atom stereocenters. The molecule has 0 aromatic heterocycles. The van der Waals surface area contributed by atoms with E-state index in [9.17, 15) is 13.2 Å². The molecule has 9 heteroatoms. The van der Waals surface area contributed by atoms with Crippen LogP contribution in [0.25, 0.3) is 0 Å². The topological polar surface area (TPSA) is 69.7 Å². The lowest BCUT2D eigenvalue weighted by molar-refractivity contribution is -0.123. The first kappa shape index (κ1) is 21.4. The fraction of sp³-hybridized carbons (Fsp3) is 0.588. The summed E-state index contributed by atoms with van der Waals surface area (Å²) in [6.45, 7) is 7.61. The first-order valence-electron chi connectivity index (χ1n) is 8.59. The van der Waals surface area contributed by atoms with E-state index in [1.54, 1.807) is 6.07 Å². The molecule has 1 fully saturated rings. The van der Waals surface area contributed by atoms with E-state index in [1.165, 1.54) is 12.1 Å². The molecule has 0 saturated carbocycles. The zero-order valence-corrected chi connectivity index (χ0v) is 17.4. The van der Waals surface area contributed by atoms with Crippen LogP contribution in [-0.2, 0) is 14.6 Å². The molecule has 6 nitrogen and oxygen atoms in total. The van der Waals surface area contributed by atoms with Crippen LogP contribution in [-0.4, -0.2) is 75.2 Å². The van der Waals surface area contributed by atoms with Gasteiger partial charge in [0.1, 0.15) is 0 Å². The summed E-state index contributed by atoms with van der Waals surface area (Å²) in [6.07, 6.45) is 0. The van der Waals surface area contributed by atoms with E-state index >= 15 is 0 Å². The Labute approximate surface area is 165 Å². The highest BCUT2D eigenvalue weighted by Crippen LogP contribution is 2.26. The number of benzene rings is 1. The van der Waals surface area contributed by atoms with Gasteiger partial charge in [-0.15, -0.1) is 0 Å². The Morgan fingerprint density at radius 1 is 1.15 bits per heavy atom. The summed E-state index contributed by atoms with van der Waals surface area (Å²) >= 11 is 11.9. The van der Waals surface area contributed by atoms with Crippen molar-refractivity contribution in [2.75, 3.05) is 45.0 Å². The van der Waals surface area contributed by atoms with Crippen molar-refractivity contribution in [2.45, 2.75) is 24.8 Å². The molecule has 26 heavy (non-hydrogen) atoms. The van der Waals surface area contributed by atoms with Crippen molar-refractivity contribution in [1.82, 2.24) is 15.1 Å². The number of rotatable bonds is 7. The van der Waals surface area contributed by atoms with Crippen LogP contribution in [0.2, 0.25) is 10.0 Å².